The predicted octanol–water partition coefficient (Wildman–Crippen LogP) is 10.6. The van der Waals surface area contributed by atoms with E-state index in [9.17, 15) is 29.4 Å². The number of ether oxygens (including phenoxy) is 1. The molecular formula is C53H82O8. The second kappa shape index (κ2) is 17.6. The molecule has 18 atom stereocenters. The minimum Gasteiger partial charge on any atom is -0.481 e. The first kappa shape index (κ1) is 46.7. The number of carboxylic acids is 1. The van der Waals surface area contributed by atoms with Crippen molar-refractivity contribution in [3.63, 3.8) is 0 Å². The molecule has 8 aliphatic rings. The number of allylic oxidation sites excluding steroid dienone is 4. The first-order chi connectivity index (χ1) is 28.8. The van der Waals surface area contributed by atoms with E-state index >= 15 is 0 Å². The fourth-order valence-electron chi connectivity index (χ4n) is 17.5. The normalized spacial score (nSPS) is 47.4. The Balaban J connectivity index is 0.000000184. The minimum absolute atomic E-state index is 0.114. The largest absolute Gasteiger partial charge is 0.481 e. The summed E-state index contributed by atoms with van der Waals surface area (Å²) in [5, 5.41) is 29.9. The van der Waals surface area contributed by atoms with E-state index in [1.807, 2.05) is 19.9 Å². The average Bonchev–Trinajstić information content (AvgIpc) is 3.77. The number of rotatable bonds is 8. The van der Waals surface area contributed by atoms with Crippen molar-refractivity contribution >= 4 is 23.5 Å². The molecule has 0 bridgehead atoms. The highest BCUT2D eigenvalue weighted by atomic mass is 16.5. The number of carbonyl (C=O) groups excluding carboxylic acids is 3. The maximum atomic E-state index is 13.9. The lowest BCUT2D eigenvalue weighted by Gasteiger charge is -2.61. The molecule has 8 nitrogen and oxygen atoms in total. The van der Waals surface area contributed by atoms with E-state index in [0.717, 1.165) is 101 Å². The van der Waals surface area contributed by atoms with Gasteiger partial charge in [0.1, 0.15) is 0 Å². The number of carbonyl (C=O) groups is 4. The van der Waals surface area contributed by atoms with Crippen LogP contribution in [0.1, 0.15) is 171 Å². The average molecular weight is 847 g/mol. The molecule has 0 heterocycles. The molecule has 0 aromatic heterocycles. The van der Waals surface area contributed by atoms with Crippen LogP contribution in [0.2, 0.25) is 0 Å². The maximum Gasteiger partial charge on any atom is 0.305 e. The van der Waals surface area contributed by atoms with Crippen LogP contribution in [0.5, 0.6) is 0 Å². The molecule has 0 saturated heterocycles. The number of Topliss-reactive ketones (excluding diaryl/α,β-unsaturated/α-hetero) is 2. The number of methoxy groups -OCH3 is 1. The van der Waals surface area contributed by atoms with Gasteiger partial charge in [-0.15, -0.1) is 0 Å². The van der Waals surface area contributed by atoms with Crippen LogP contribution >= 0.6 is 0 Å². The third-order valence-electron chi connectivity index (χ3n) is 20.8. The molecule has 0 amide bonds. The Bertz CT molecular complexity index is 1750. The number of fused-ring (bicyclic) bond motifs is 10. The third kappa shape index (κ3) is 7.77. The third-order valence-corrected chi connectivity index (χ3v) is 20.8. The van der Waals surface area contributed by atoms with Crippen molar-refractivity contribution in [1.82, 2.24) is 0 Å². The summed E-state index contributed by atoms with van der Waals surface area (Å²) >= 11 is 0. The van der Waals surface area contributed by atoms with E-state index < -0.39 is 5.97 Å². The van der Waals surface area contributed by atoms with Crippen LogP contribution in [-0.4, -0.2) is 58.1 Å². The number of aliphatic hydroxyl groups is 2. The molecule has 2 unspecified atom stereocenters. The van der Waals surface area contributed by atoms with Crippen molar-refractivity contribution in [1.29, 1.82) is 0 Å². The van der Waals surface area contributed by atoms with Gasteiger partial charge in [0, 0.05) is 24.7 Å². The van der Waals surface area contributed by atoms with Gasteiger partial charge in [0.2, 0.25) is 0 Å². The van der Waals surface area contributed by atoms with Gasteiger partial charge in [0.25, 0.3) is 0 Å². The summed E-state index contributed by atoms with van der Waals surface area (Å²) in [6.45, 7) is 18.2. The second-order valence-electron chi connectivity index (χ2n) is 23.1. The Morgan fingerprint density at radius 2 is 1.00 bits per heavy atom. The molecule has 0 aromatic carbocycles. The summed E-state index contributed by atoms with van der Waals surface area (Å²) in [5.41, 5.74) is 2.58. The van der Waals surface area contributed by atoms with Crippen LogP contribution in [0.4, 0.5) is 0 Å². The van der Waals surface area contributed by atoms with E-state index in [-0.39, 0.29) is 69.9 Å². The Morgan fingerprint density at radius 3 is 1.38 bits per heavy atom. The molecule has 0 spiro atoms. The van der Waals surface area contributed by atoms with Gasteiger partial charge in [0.05, 0.1) is 19.3 Å². The lowest BCUT2D eigenvalue weighted by molar-refractivity contribution is -0.150. The number of ketones is 2. The maximum absolute atomic E-state index is 13.9. The van der Waals surface area contributed by atoms with E-state index in [1.54, 1.807) is 0 Å². The van der Waals surface area contributed by atoms with Gasteiger partial charge in [-0.25, -0.2) is 0 Å². The molecule has 0 aliphatic heterocycles. The fourth-order valence-corrected chi connectivity index (χ4v) is 17.5. The molecular weight excluding hydrogens is 765 g/mol. The van der Waals surface area contributed by atoms with Gasteiger partial charge in [-0.1, -0.05) is 53.7 Å². The summed E-state index contributed by atoms with van der Waals surface area (Å²) in [7, 11) is 1.47. The zero-order valence-electron chi connectivity index (χ0n) is 39.3. The standard InChI is InChI=1S/C27H42O4.C26H40O4/c1-6-18-22-15-17(28)11-13-27(22,4)21-12-14-26(3)19(16(2)7-10-23(29)31-5)8-9-20(26)24(21)25(18)30;1-5-17-21-14-16(27)10-12-26(21,4)20-11-13-25(3)18(15(2)6-9-22(28)29)7-8-19(25)23(20)24(17)30/h6,16-17,19-22,24,28H,7-15H2,1-5H3;5,15-16,18-21,23,27H,6-14H2,1-4H3,(H,28,29)/b18-6+;17-5+/t16?,17-,19-,20+,21+,22+,24+,26-,27-;15?,16-,18-,19+,20+,21+,23+,25-,26-/m11/s1. The van der Waals surface area contributed by atoms with Gasteiger partial charge >= 0.3 is 11.9 Å². The van der Waals surface area contributed by atoms with Gasteiger partial charge in [-0.2, -0.15) is 0 Å². The quantitative estimate of drug-likeness (QED) is 0.162. The van der Waals surface area contributed by atoms with Crippen LogP contribution in [0.3, 0.4) is 0 Å². The van der Waals surface area contributed by atoms with Crippen molar-refractivity contribution in [2.75, 3.05) is 7.11 Å². The highest BCUT2D eigenvalue weighted by Gasteiger charge is 2.66. The van der Waals surface area contributed by atoms with Crippen LogP contribution in [0.15, 0.2) is 23.3 Å². The SMILES string of the molecule is C/C=C1/C(=O)[C@@H]2[C@H](CC[C@]3(C)[C@@H](C(C)CCC(=O)O)CC[C@@H]23)[C@@]2(C)CC[C@@H](O)C[C@@H]12.C/C=C1/C(=O)[C@@H]2[C@H](CC[C@]3(C)[C@@H](C(C)CCC(=O)OC)CC[C@@H]23)[C@@]2(C)CC[C@@H](O)C[C@@H]12. The van der Waals surface area contributed by atoms with E-state index in [1.165, 1.54) is 20.0 Å². The number of esters is 1. The monoisotopic (exact) mass is 847 g/mol. The van der Waals surface area contributed by atoms with Crippen LogP contribution in [0, 0.1) is 92.7 Å². The number of carboxylic acid groups (broad SMARTS) is 1. The molecule has 8 saturated carbocycles. The summed E-state index contributed by atoms with van der Waals surface area (Å²) in [4.78, 5) is 50.5. The Labute approximate surface area is 367 Å². The minimum atomic E-state index is -0.705. The van der Waals surface area contributed by atoms with Crippen LogP contribution < -0.4 is 0 Å². The fraction of sp³-hybridized carbons (Fsp3) is 0.849. The topological polar surface area (TPSA) is 138 Å². The van der Waals surface area contributed by atoms with Gasteiger partial charge in [-0.05, 0) is 209 Å². The molecule has 342 valence electrons. The number of aliphatic hydroxyl groups excluding tert-OH is 2. The van der Waals surface area contributed by atoms with Gasteiger partial charge < -0.3 is 20.1 Å². The van der Waals surface area contributed by atoms with Gasteiger partial charge in [0.15, 0.2) is 11.6 Å². The smallest absolute Gasteiger partial charge is 0.305 e. The first-order valence-corrected chi connectivity index (χ1v) is 24.9. The first-order valence-electron chi connectivity index (χ1n) is 24.9. The van der Waals surface area contributed by atoms with Crippen molar-refractivity contribution < 1.29 is 39.2 Å². The second-order valence-corrected chi connectivity index (χ2v) is 23.1. The lowest BCUT2D eigenvalue weighted by Crippen LogP contribution is -2.58. The van der Waals surface area contributed by atoms with Crippen LogP contribution in [0.25, 0.3) is 0 Å². The molecule has 0 aromatic rings. The van der Waals surface area contributed by atoms with Crippen molar-refractivity contribution in [2.24, 2.45) is 92.7 Å². The summed E-state index contributed by atoms with van der Waals surface area (Å²) in [5.74, 6) is 4.31. The Hall–Kier alpha value is -2.32. The molecule has 8 heteroatoms. The molecule has 3 N–H and O–H groups in total. The summed E-state index contributed by atoms with van der Waals surface area (Å²) < 4.78 is 4.87. The highest BCUT2D eigenvalue weighted by Crippen LogP contribution is 2.70. The number of hydrogen-bond donors (Lipinski definition) is 3. The van der Waals surface area contributed by atoms with Gasteiger partial charge in [-0.3, -0.25) is 19.2 Å². The van der Waals surface area contributed by atoms with E-state index in [0.29, 0.717) is 65.3 Å². The van der Waals surface area contributed by atoms with Crippen molar-refractivity contribution in [3.05, 3.63) is 23.3 Å². The van der Waals surface area contributed by atoms with Crippen molar-refractivity contribution in [3.8, 4) is 0 Å². The molecule has 8 aliphatic carbocycles. The summed E-state index contributed by atoms with van der Waals surface area (Å²) in [6, 6.07) is 0. The zero-order chi connectivity index (χ0) is 44.4. The highest BCUT2D eigenvalue weighted by molar-refractivity contribution is 6.00. The number of aliphatic carboxylic acids is 1. The molecule has 8 rings (SSSR count). The molecule has 61 heavy (non-hydrogen) atoms. The zero-order valence-corrected chi connectivity index (χ0v) is 39.3. The van der Waals surface area contributed by atoms with E-state index in [4.69, 9.17) is 9.84 Å². The Morgan fingerprint density at radius 1 is 0.623 bits per heavy atom. The summed E-state index contributed by atoms with van der Waals surface area (Å²) in [6.07, 6.45) is 20.3. The number of hydrogen-bond acceptors (Lipinski definition) is 7. The Kier molecular flexibility index (Phi) is 13.4. The van der Waals surface area contributed by atoms with Crippen LogP contribution in [-0.2, 0) is 23.9 Å². The predicted molar refractivity (Wildman–Crippen MR) is 238 cm³/mol. The molecule has 0 radical (unpaired) electrons. The van der Waals surface area contributed by atoms with E-state index in [2.05, 4.69) is 47.6 Å². The van der Waals surface area contributed by atoms with Crippen molar-refractivity contribution in [2.45, 2.75) is 183 Å². The molecule has 8 fully saturated rings. The lowest BCUT2D eigenvalue weighted by atomic mass is 9.43.